The van der Waals surface area contributed by atoms with Crippen LogP contribution in [0.3, 0.4) is 0 Å². The predicted octanol–water partition coefficient (Wildman–Crippen LogP) is 7.51. The summed E-state index contributed by atoms with van der Waals surface area (Å²) in [4.78, 5) is 16.4. The van der Waals surface area contributed by atoms with Crippen LogP contribution in [0, 0.1) is 0 Å². The number of rotatable bonds is 8. The van der Waals surface area contributed by atoms with E-state index in [4.69, 9.17) is 9.47 Å². The molecule has 0 saturated heterocycles. The van der Waals surface area contributed by atoms with Crippen molar-refractivity contribution in [3.63, 3.8) is 0 Å². The van der Waals surface area contributed by atoms with Crippen molar-refractivity contribution in [2.45, 2.75) is 0 Å². The number of fused-ring (bicyclic) bond motifs is 2. The highest BCUT2D eigenvalue weighted by molar-refractivity contribution is 9.10. The maximum Gasteiger partial charge on any atom is 0.337 e. The van der Waals surface area contributed by atoms with Gasteiger partial charge in [0, 0.05) is 21.8 Å². The van der Waals surface area contributed by atoms with E-state index in [0.29, 0.717) is 18.7 Å². The molecule has 4 aromatic carbocycles. The Morgan fingerprint density at radius 3 is 2.54 bits per heavy atom. The number of hydrogen-bond acceptors (Lipinski definition) is 5. The van der Waals surface area contributed by atoms with Crippen molar-refractivity contribution in [3.05, 3.63) is 118 Å². The summed E-state index contributed by atoms with van der Waals surface area (Å²) in [6.07, 6.45) is 3.91. The van der Waals surface area contributed by atoms with Crippen molar-refractivity contribution >= 4 is 55.3 Å². The van der Waals surface area contributed by atoms with Gasteiger partial charge >= 0.3 is 5.97 Å². The molecule has 5 nitrogen and oxygen atoms in total. The number of carbonyl (C=O) groups is 1. The number of carbonyl (C=O) groups excluding carboxylic acids is 1. The lowest BCUT2D eigenvalue weighted by Crippen LogP contribution is -2.12. The maximum atomic E-state index is 11.8. The van der Waals surface area contributed by atoms with E-state index in [-0.39, 0.29) is 5.97 Å². The molecule has 1 aromatic heterocycles. The second kappa shape index (κ2) is 11.3. The lowest BCUT2D eigenvalue weighted by molar-refractivity contribution is 0.0600. The lowest BCUT2D eigenvalue weighted by atomic mass is 10.1. The first-order valence-corrected chi connectivity index (χ1v) is 12.7. The van der Waals surface area contributed by atoms with Gasteiger partial charge < -0.3 is 14.8 Å². The molecule has 0 saturated carbocycles. The third-order valence-corrected chi connectivity index (χ3v) is 6.69. The molecule has 1 heterocycles. The summed E-state index contributed by atoms with van der Waals surface area (Å²) >= 11 is 3.56. The Bertz CT molecular complexity index is 1590. The molecule has 37 heavy (non-hydrogen) atoms. The average Bonchev–Trinajstić information content (AvgIpc) is 2.94. The van der Waals surface area contributed by atoms with Gasteiger partial charge in [0.05, 0.1) is 30.1 Å². The van der Waals surface area contributed by atoms with Crippen molar-refractivity contribution in [2.75, 3.05) is 25.6 Å². The SMILES string of the molecule is COC(=O)c1ccc(/C=C(\CNc2cnc3c(Br)cccc3c2)COc2cccc3ccccc23)cc1. The zero-order chi connectivity index (χ0) is 25.6. The molecular weight excluding hydrogens is 528 g/mol. The summed E-state index contributed by atoms with van der Waals surface area (Å²) in [5, 5.41) is 6.75. The van der Waals surface area contributed by atoms with Gasteiger partial charge in [-0.1, -0.05) is 66.7 Å². The Balaban J connectivity index is 1.39. The highest BCUT2D eigenvalue weighted by atomic mass is 79.9. The summed E-state index contributed by atoms with van der Waals surface area (Å²) in [5.41, 5.74) is 4.36. The molecule has 0 aliphatic rings. The molecule has 184 valence electrons. The third-order valence-electron chi connectivity index (χ3n) is 6.05. The van der Waals surface area contributed by atoms with Crippen molar-refractivity contribution in [2.24, 2.45) is 0 Å². The fourth-order valence-corrected chi connectivity index (χ4v) is 4.62. The number of methoxy groups -OCH3 is 1. The fourth-order valence-electron chi connectivity index (χ4n) is 4.14. The van der Waals surface area contributed by atoms with E-state index >= 15 is 0 Å². The van der Waals surface area contributed by atoms with E-state index in [1.54, 1.807) is 12.1 Å². The molecule has 0 aliphatic heterocycles. The van der Waals surface area contributed by atoms with Crippen molar-refractivity contribution < 1.29 is 14.3 Å². The molecule has 0 fully saturated rings. The monoisotopic (exact) mass is 552 g/mol. The van der Waals surface area contributed by atoms with Gasteiger partial charge in [-0.2, -0.15) is 0 Å². The number of esters is 1. The number of pyridine rings is 1. The molecule has 6 heteroatoms. The molecule has 5 rings (SSSR count). The number of hydrogen-bond donors (Lipinski definition) is 1. The Labute approximate surface area is 223 Å². The van der Waals surface area contributed by atoms with Crippen LogP contribution in [0.1, 0.15) is 15.9 Å². The van der Waals surface area contributed by atoms with E-state index in [0.717, 1.165) is 48.7 Å². The average molecular weight is 553 g/mol. The predicted molar refractivity (Wildman–Crippen MR) is 153 cm³/mol. The number of benzene rings is 4. The van der Waals surface area contributed by atoms with Gasteiger partial charge in [-0.25, -0.2) is 4.79 Å². The van der Waals surface area contributed by atoms with E-state index in [1.807, 2.05) is 60.8 Å². The van der Waals surface area contributed by atoms with E-state index in [9.17, 15) is 4.79 Å². The molecule has 0 bridgehead atoms. The molecule has 1 N–H and O–H groups in total. The van der Waals surface area contributed by atoms with Gasteiger partial charge in [-0.3, -0.25) is 4.98 Å². The third kappa shape index (κ3) is 5.81. The van der Waals surface area contributed by atoms with Gasteiger partial charge in [0.1, 0.15) is 12.4 Å². The van der Waals surface area contributed by atoms with Crippen LogP contribution in [0.4, 0.5) is 5.69 Å². The standard InChI is InChI=1S/C31H25BrN2O3/c1-36-31(35)24-14-12-21(13-15-24)16-22(20-37-29-11-5-7-23-6-2-3-9-27(23)29)18-33-26-17-25-8-4-10-28(32)30(25)34-19-26/h2-17,19,33H,18,20H2,1H3/b22-16+. The van der Waals surface area contributed by atoms with E-state index in [1.165, 1.54) is 7.11 Å². The number of aromatic nitrogens is 1. The highest BCUT2D eigenvalue weighted by Gasteiger charge is 2.08. The molecule has 0 spiro atoms. The minimum atomic E-state index is -0.354. The van der Waals surface area contributed by atoms with Gasteiger partial charge in [0.15, 0.2) is 0 Å². The molecule has 0 aliphatic carbocycles. The Morgan fingerprint density at radius 2 is 1.70 bits per heavy atom. The van der Waals surface area contributed by atoms with Crippen molar-refractivity contribution in [1.29, 1.82) is 0 Å². The Hall–Kier alpha value is -4.16. The topological polar surface area (TPSA) is 60.5 Å². The van der Waals surface area contributed by atoms with Crippen molar-refractivity contribution in [3.8, 4) is 5.75 Å². The first kappa shape index (κ1) is 24.5. The first-order chi connectivity index (χ1) is 18.1. The number of para-hydroxylation sites is 1. The van der Waals surface area contributed by atoms with Crippen LogP contribution in [0.2, 0.25) is 0 Å². The van der Waals surface area contributed by atoms with Crippen LogP contribution < -0.4 is 10.1 Å². The summed E-state index contributed by atoms with van der Waals surface area (Å²) in [5.74, 6) is 0.481. The van der Waals surface area contributed by atoms with E-state index in [2.05, 4.69) is 56.6 Å². The van der Waals surface area contributed by atoms with Crippen LogP contribution >= 0.6 is 15.9 Å². The normalized spacial score (nSPS) is 11.5. The lowest BCUT2D eigenvalue weighted by Gasteiger charge is -2.14. The molecule has 0 atom stereocenters. The smallest absolute Gasteiger partial charge is 0.337 e. The molecule has 0 amide bonds. The Kier molecular flexibility index (Phi) is 7.47. The quantitative estimate of drug-likeness (QED) is 0.202. The summed E-state index contributed by atoms with van der Waals surface area (Å²) in [6.45, 7) is 0.955. The fraction of sp³-hybridized carbons (Fsp3) is 0.0968. The van der Waals surface area contributed by atoms with Crippen LogP contribution in [-0.2, 0) is 4.74 Å². The second-order valence-corrected chi connectivity index (χ2v) is 9.43. The second-order valence-electron chi connectivity index (χ2n) is 8.57. The maximum absolute atomic E-state index is 11.8. The molecule has 0 radical (unpaired) electrons. The Morgan fingerprint density at radius 1 is 0.946 bits per heavy atom. The summed E-state index contributed by atoms with van der Waals surface area (Å²) in [7, 11) is 1.38. The van der Waals surface area contributed by atoms with Crippen LogP contribution in [0.5, 0.6) is 5.75 Å². The molecule has 0 unspecified atom stereocenters. The molecule has 5 aromatic rings. The number of nitrogens with zero attached hydrogens (tertiary/aromatic N) is 1. The van der Waals surface area contributed by atoms with Gasteiger partial charge in [0.2, 0.25) is 0 Å². The van der Waals surface area contributed by atoms with Crippen LogP contribution in [0.25, 0.3) is 27.8 Å². The largest absolute Gasteiger partial charge is 0.489 e. The number of halogens is 1. The van der Waals surface area contributed by atoms with Crippen LogP contribution in [-0.4, -0.2) is 31.2 Å². The highest BCUT2D eigenvalue weighted by Crippen LogP contribution is 2.27. The summed E-state index contributed by atoms with van der Waals surface area (Å²) in [6, 6.07) is 29.7. The number of nitrogens with one attached hydrogen (secondary N) is 1. The van der Waals surface area contributed by atoms with Gasteiger partial charge in [-0.05, 0) is 62.8 Å². The van der Waals surface area contributed by atoms with Gasteiger partial charge in [-0.15, -0.1) is 0 Å². The zero-order valence-corrected chi connectivity index (χ0v) is 21.9. The summed E-state index contributed by atoms with van der Waals surface area (Å²) < 4.78 is 12.1. The van der Waals surface area contributed by atoms with E-state index < -0.39 is 0 Å². The number of ether oxygens (including phenoxy) is 2. The van der Waals surface area contributed by atoms with Gasteiger partial charge in [0.25, 0.3) is 0 Å². The number of anilines is 1. The van der Waals surface area contributed by atoms with Crippen molar-refractivity contribution in [1.82, 2.24) is 4.98 Å². The minimum Gasteiger partial charge on any atom is -0.489 e. The minimum absolute atomic E-state index is 0.354. The molecular formula is C31H25BrN2O3. The first-order valence-electron chi connectivity index (χ1n) is 11.9. The zero-order valence-electron chi connectivity index (χ0n) is 20.3. The van der Waals surface area contributed by atoms with Crippen LogP contribution in [0.15, 0.2) is 107 Å².